The fraction of sp³-hybridized carbons (Fsp3) is 0.111. The zero-order valence-corrected chi connectivity index (χ0v) is 10.3. The van der Waals surface area contributed by atoms with Crippen molar-refractivity contribution < 1.29 is 8.81 Å². The van der Waals surface area contributed by atoms with Crippen molar-refractivity contribution in [3.63, 3.8) is 0 Å². The summed E-state index contributed by atoms with van der Waals surface area (Å²) in [6.45, 7) is 1.63. The Morgan fingerprint density at radius 1 is 1.35 bits per heavy atom. The molecule has 2 rings (SSSR count). The highest BCUT2D eigenvalue weighted by molar-refractivity contribution is 7.99. The zero-order valence-electron chi connectivity index (χ0n) is 8.70. The van der Waals surface area contributed by atoms with Gasteiger partial charge in [-0.05, 0) is 17.8 Å². The monoisotopic (exact) mass is 274 g/mol. The predicted molar refractivity (Wildman–Crippen MR) is 63.4 cm³/mol. The molecule has 0 aliphatic carbocycles. The maximum absolute atomic E-state index is 13.8. The second-order valence-electron chi connectivity index (χ2n) is 3.20. The van der Waals surface area contributed by atoms with Gasteiger partial charge in [0.15, 0.2) is 5.82 Å². The van der Waals surface area contributed by atoms with Crippen LogP contribution in [0.4, 0.5) is 15.8 Å². The molecular formula is C9H8ClFN4OS. The van der Waals surface area contributed by atoms with E-state index in [1.807, 2.05) is 0 Å². The molecule has 0 aliphatic heterocycles. The summed E-state index contributed by atoms with van der Waals surface area (Å²) in [5.41, 5.74) is 11.4. The lowest BCUT2D eigenvalue weighted by molar-refractivity contribution is 0.429. The third kappa shape index (κ3) is 2.29. The second-order valence-corrected chi connectivity index (χ2v) is 4.54. The first-order chi connectivity index (χ1) is 7.99. The summed E-state index contributed by atoms with van der Waals surface area (Å²) in [7, 11) is 0. The van der Waals surface area contributed by atoms with E-state index in [-0.39, 0.29) is 26.5 Å². The van der Waals surface area contributed by atoms with Gasteiger partial charge in [-0.1, -0.05) is 11.6 Å². The number of nitrogens with zero attached hydrogens (tertiary/aromatic N) is 2. The Kier molecular flexibility index (Phi) is 3.12. The van der Waals surface area contributed by atoms with Crippen LogP contribution >= 0.6 is 23.4 Å². The van der Waals surface area contributed by atoms with Gasteiger partial charge >= 0.3 is 0 Å². The molecule has 1 aromatic heterocycles. The van der Waals surface area contributed by atoms with Gasteiger partial charge in [0, 0.05) is 6.92 Å². The Hall–Kier alpha value is -1.47. The molecule has 0 saturated heterocycles. The van der Waals surface area contributed by atoms with Crippen molar-refractivity contribution in [3.05, 3.63) is 22.8 Å². The molecule has 5 nitrogen and oxygen atoms in total. The van der Waals surface area contributed by atoms with Crippen LogP contribution in [0.25, 0.3) is 0 Å². The lowest BCUT2D eigenvalue weighted by atomic mass is 10.3. The summed E-state index contributed by atoms with van der Waals surface area (Å²) >= 11 is 6.59. The van der Waals surface area contributed by atoms with Crippen molar-refractivity contribution in [2.75, 3.05) is 11.5 Å². The van der Waals surface area contributed by atoms with Crippen molar-refractivity contribution in [1.82, 2.24) is 10.2 Å². The van der Waals surface area contributed by atoms with Crippen LogP contribution in [0.5, 0.6) is 0 Å². The number of anilines is 2. The topological polar surface area (TPSA) is 91.0 Å². The molecule has 0 amide bonds. The molecule has 4 N–H and O–H groups in total. The highest BCUT2D eigenvalue weighted by Crippen LogP contribution is 2.39. The SMILES string of the molecule is Cc1nnc(Sc2c(N)cc(N)c(Cl)c2F)o1. The minimum absolute atomic E-state index is 0.0905. The molecule has 0 bridgehead atoms. The van der Waals surface area contributed by atoms with Crippen molar-refractivity contribution in [2.24, 2.45) is 0 Å². The molecule has 8 heteroatoms. The molecule has 17 heavy (non-hydrogen) atoms. The number of nitrogen functional groups attached to an aromatic ring is 2. The highest BCUT2D eigenvalue weighted by atomic mass is 35.5. The Morgan fingerprint density at radius 2 is 2.06 bits per heavy atom. The van der Waals surface area contributed by atoms with Crippen LogP contribution in [-0.4, -0.2) is 10.2 Å². The van der Waals surface area contributed by atoms with Crippen LogP contribution in [0.15, 0.2) is 20.6 Å². The van der Waals surface area contributed by atoms with Gasteiger partial charge in [-0.25, -0.2) is 4.39 Å². The third-order valence-corrected chi connectivity index (χ3v) is 3.26. The summed E-state index contributed by atoms with van der Waals surface area (Å²) in [5.74, 6) is -0.307. The van der Waals surface area contributed by atoms with E-state index >= 15 is 0 Å². The average Bonchev–Trinajstić information content (AvgIpc) is 2.67. The van der Waals surface area contributed by atoms with E-state index in [1.54, 1.807) is 6.92 Å². The molecule has 1 aromatic carbocycles. The standard InChI is InChI=1S/C9H8ClFN4OS/c1-3-14-15-9(16-3)17-8-5(13)2-4(12)6(10)7(8)11/h2H,12-13H2,1H3. The van der Waals surface area contributed by atoms with E-state index in [0.29, 0.717) is 5.89 Å². The molecule has 0 atom stereocenters. The maximum Gasteiger partial charge on any atom is 0.281 e. The Labute approximate surface area is 105 Å². The fourth-order valence-electron chi connectivity index (χ4n) is 1.16. The first-order valence-corrected chi connectivity index (χ1v) is 5.69. The number of aromatic nitrogens is 2. The lowest BCUT2D eigenvalue weighted by Crippen LogP contribution is -1.98. The van der Waals surface area contributed by atoms with Crippen LogP contribution in [0.1, 0.15) is 5.89 Å². The molecule has 0 fully saturated rings. The predicted octanol–water partition coefficient (Wildman–Crippen LogP) is 2.49. The number of aryl methyl sites for hydroxylation is 1. The van der Waals surface area contributed by atoms with Crippen molar-refractivity contribution in [1.29, 1.82) is 0 Å². The summed E-state index contributed by atoms with van der Waals surface area (Å²) in [6, 6.07) is 1.39. The number of hydrogen-bond acceptors (Lipinski definition) is 6. The summed E-state index contributed by atoms with van der Waals surface area (Å²) in [4.78, 5) is 0.118. The van der Waals surface area contributed by atoms with Gasteiger partial charge in [-0.3, -0.25) is 0 Å². The van der Waals surface area contributed by atoms with Crippen LogP contribution in [0.3, 0.4) is 0 Å². The van der Waals surface area contributed by atoms with Crippen LogP contribution in [0, 0.1) is 12.7 Å². The number of rotatable bonds is 2. The Morgan fingerprint density at radius 3 is 2.65 bits per heavy atom. The number of halogens is 2. The van der Waals surface area contributed by atoms with E-state index in [0.717, 1.165) is 11.8 Å². The smallest absolute Gasteiger partial charge is 0.281 e. The normalized spacial score (nSPS) is 10.8. The van der Waals surface area contributed by atoms with Gasteiger partial charge < -0.3 is 15.9 Å². The maximum atomic E-state index is 13.8. The summed E-state index contributed by atoms with van der Waals surface area (Å²) in [6.07, 6.45) is 0. The van der Waals surface area contributed by atoms with Crippen molar-refractivity contribution >= 4 is 34.7 Å². The third-order valence-electron chi connectivity index (χ3n) is 1.92. The van der Waals surface area contributed by atoms with E-state index in [1.165, 1.54) is 6.07 Å². The van der Waals surface area contributed by atoms with Crippen LogP contribution < -0.4 is 11.5 Å². The van der Waals surface area contributed by atoms with Crippen molar-refractivity contribution in [2.45, 2.75) is 17.0 Å². The minimum atomic E-state index is -0.690. The first kappa shape index (κ1) is 12.0. The van der Waals surface area contributed by atoms with E-state index in [2.05, 4.69) is 10.2 Å². The average molecular weight is 275 g/mol. The molecule has 0 aliphatic rings. The summed E-state index contributed by atoms with van der Waals surface area (Å²) in [5, 5.41) is 7.37. The lowest BCUT2D eigenvalue weighted by Gasteiger charge is -2.07. The van der Waals surface area contributed by atoms with Gasteiger partial charge in [0.05, 0.1) is 16.3 Å². The van der Waals surface area contributed by atoms with Gasteiger partial charge in [-0.2, -0.15) is 0 Å². The Bertz CT molecular complexity index is 574. The largest absolute Gasteiger partial charge is 0.416 e. The van der Waals surface area contributed by atoms with Gasteiger partial charge in [0.2, 0.25) is 5.89 Å². The van der Waals surface area contributed by atoms with Crippen molar-refractivity contribution in [3.8, 4) is 0 Å². The number of nitrogens with two attached hydrogens (primary N) is 2. The zero-order chi connectivity index (χ0) is 12.6. The molecule has 1 heterocycles. The molecule has 90 valence electrons. The van der Waals surface area contributed by atoms with Gasteiger partial charge in [0.25, 0.3) is 5.22 Å². The Balaban J connectivity index is 2.42. The van der Waals surface area contributed by atoms with E-state index in [4.69, 9.17) is 27.5 Å². The fourth-order valence-corrected chi connectivity index (χ4v) is 2.15. The van der Waals surface area contributed by atoms with E-state index in [9.17, 15) is 4.39 Å². The summed E-state index contributed by atoms with van der Waals surface area (Å²) < 4.78 is 18.9. The van der Waals surface area contributed by atoms with Crippen LogP contribution in [-0.2, 0) is 0 Å². The molecule has 2 aromatic rings. The van der Waals surface area contributed by atoms with Gasteiger partial charge in [-0.15, -0.1) is 10.2 Å². The molecular weight excluding hydrogens is 267 g/mol. The number of benzene rings is 1. The molecule has 0 unspecified atom stereocenters. The quantitative estimate of drug-likeness (QED) is 0.818. The van der Waals surface area contributed by atoms with Crippen LogP contribution in [0.2, 0.25) is 5.02 Å². The van der Waals surface area contributed by atoms with Gasteiger partial charge in [0.1, 0.15) is 5.02 Å². The molecule has 0 radical (unpaired) electrons. The minimum Gasteiger partial charge on any atom is -0.416 e. The molecule has 0 spiro atoms. The first-order valence-electron chi connectivity index (χ1n) is 4.50. The number of hydrogen-bond donors (Lipinski definition) is 2. The van der Waals surface area contributed by atoms with E-state index < -0.39 is 5.82 Å². The second kappa shape index (κ2) is 4.42. The molecule has 0 saturated carbocycles. The highest BCUT2D eigenvalue weighted by Gasteiger charge is 2.17.